The fourth-order valence-electron chi connectivity index (χ4n) is 1.55. The minimum absolute atomic E-state index is 0.325. The maximum Gasteiger partial charge on any atom is 0.195 e. The summed E-state index contributed by atoms with van der Waals surface area (Å²) in [6, 6.07) is 2.46. The first-order chi connectivity index (χ1) is 7.09. The van der Waals surface area contributed by atoms with Crippen LogP contribution in [0.25, 0.3) is 11.4 Å². The average molecular weight is 239 g/mol. The molecule has 15 heavy (non-hydrogen) atoms. The van der Waals surface area contributed by atoms with Crippen molar-refractivity contribution < 1.29 is 0 Å². The van der Waals surface area contributed by atoms with E-state index in [0.717, 1.165) is 11.4 Å². The van der Waals surface area contributed by atoms with Crippen molar-refractivity contribution in [3.05, 3.63) is 21.1 Å². The quantitative estimate of drug-likeness (QED) is 0.813. The molecule has 0 aliphatic carbocycles. The molecule has 0 spiro atoms. The van der Waals surface area contributed by atoms with Crippen molar-refractivity contribution in [3.8, 4) is 11.4 Å². The summed E-state index contributed by atoms with van der Waals surface area (Å²) in [5.74, 6) is 0.930. The monoisotopic (exact) mass is 239 g/mol. The molecule has 5 heteroatoms. The molecule has 0 aromatic carbocycles. The van der Waals surface area contributed by atoms with Crippen molar-refractivity contribution in [3.63, 3.8) is 0 Å². The normalized spacial score (nSPS) is 11.2. The minimum atomic E-state index is 0.325. The number of H-pyrrole nitrogens is 1. The molecule has 0 saturated heterocycles. The molecule has 2 heterocycles. The van der Waals surface area contributed by atoms with Gasteiger partial charge in [-0.05, 0) is 39.1 Å². The Morgan fingerprint density at radius 3 is 2.80 bits per heavy atom. The predicted octanol–water partition coefficient (Wildman–Crippen LogP) is 3.56. The van der Waals surface area contributed by atoms with Crippen LogP contribution < -0.4 is 0 Å². The van der Waals surface area contributed by atoms with E-state index in [4.69, 9.17) is 12.2 Å². The van der Waals surface area contributed by atoms with Gasteiger partial charge in [0.1, 0.15) is 0 Å². The molecule has 80 valence electrons. The summed E-state index contributed by atoms with van der Waals surface area (Å²) in [6.07, 6.45) is 0. The van der Waals surface area contributed by atoms with E-state index >= 15 is 0 Å². The van der Waals surface area contributed by atoms with Gasteiger partial charge in [0.25, 0.3) is 0 Å². The molecular formula is C10H13N3S2. The maximum atomic E-state index is 5.20. The molecule has 0 radical (unpaired) electrons. The Hall–Kier alpha value is -0.940. The van der Waals surface area contributed by atoms with E-state index in [9.17, 15) is 0 Å². The fraction of sp³-hybridized carbons (Fsp3) is 0.400. The van der Waals surface area contributed by atoms with Gasteiger partial charge < -0.3 is 0 Å². The zero-order chi connectivity index (χ0) is 11.0. The maximum absolute atomic E-state index is 5.20. The number of rotatable bonds is 2. The Bertz CT molecular complexity index is 519. The molecule has 3 nitrogen and oxygen atoms in total. The van der Waals surface area contributed by atoms with Crippen LogP contribution in [0, 0.1) is 11.7 Å². The lowest BCUT2D eigenvalue weighted by atomic mass is 10.3. The molecule has 0 fully saturated rings. The van der Waals surface area contributed by atoms with Gasteiger partial charge in [-0.25, -0.2) is 0 Å². The minimum Gasteiger partial charge on any atom is -0.298 e. The third kappa shape index (κ3) is 1.89. The second-order valence-corrected chi connectivity index (χ2v) is 5.26. The van der Waals surface area contributed by atoms with Crippen LogP contribution in [0.2, 0.25) is 0 Å². The Kier molecular flexibility index (Phi) is 2.75. The largest absolute Gasteiger partial charge is 0.298 e. The van der Waals surface area contributed by atoms with E-state index in [0.29, 0.717) is 10.8 Å². The number of aromatic amines is 1. The van der Waals surface area contributed by atoms with Crippen molar-refractivity contribution >= 4 is 23.6 Å². The summed E-state index contributed by atoms with van der Waals surface area (Å²) in [5.41, 5.74) is 1.14. The number of nitrogens with zero attached hydrogens (tertiary/aromatic N) is 2. The Labute approximate surface area is 97.8 Å². The Morgan fingerprint density at radius 2 is 2.27 bits per heavy atom. The van der Waals surface area contributed by atoms with Crippen LogP contribution in [-0.4, -0.2) is 14.8 Å². The van der Waals surface area contributed by atoms with Gasteiger partial charge in [0.15, 0.2) is 10.6 Å². The number of aryl methyl sites for hydroxylation is 1. The van der Waals surface area contributed by atoms with Crippen LogP contribution in [0.1, 0.15) is 24.8 Å². The summed E-state index contributed by atoms with van der Waals surface area (Å²) in [6.45, 7) is 6.30. The van der Waals surface area contributed by atoms with E-state index in [-0.39, 0.29) is 0 Å². The van der Waals surface area contributed by atoms with Crippen LogP contribution in [0.3, 0.4) is 0 Å². The van der Waals surface area contributed by atoms with E-state index < -0.39 is 0 Å². The lowest BCUT2D eigenvalue weighted by Gasteiger charge is -2.08. The highest BCUT2D eigenvalue weighted by atomic mass is 32.1. The second kappa shape index (κ2) is 3.90. The smallest absolute Gasteiger partial charge is 0.195 e. The van der Waals surface area contributed by atoms with E-state index in [1.165, 1.54) is 4.88 Å². The zero-order valence-electron chi connectivity index (χ0n) is 8.94. The SMILES string of the molecule is Cc1cc(-c2n[nH]c(=S)n2C(C)C)cs1. The molecule has 0 unspecified atom stereocenters. The Morgan fingerprint density at radius 1 is 1.53 bits per heavy atom. The van der Waals surface area contributed by atoms with Crippen molar-refractivity contribution in [2.45, 2.75) is 26.8 Å². The summed E-state index contributed by atoms with van der Waals surface area (Å²) >= 11 is 6.93. The van der Waals surface area contributed by atoms with Crippen molar-refractivity contribution in [1.82, 2.24) is 14.8 Å². The zero-order valence-corrected chi connectivity index (χ0v) is 10.6. The van der Waals surface area contributed by atoms with E-state index in [1.54, 1.807) is 11.3 Å². The Balaban J connectivity index is 2.58. The van der Waals surface area contributed by atoms with Crippen LogP contribution in [0.4, 0.5) is 0 Å². The first-order valence-electron chi connectivity index (χ1n) is 4.82. The summed E-state index contributed by atoms with van der Waals surface area (Å²) in [4.78, 5) is 1.29. The van der Waals surface area contributed by atoms with Gasteiger partial charge in [0.05, 0.1) is 0 Å². The van der Waals surface area contributed by atoms with Crippen molar-refractivity contribution in [1.29, 1.82) is 0 Å². The molecule has 0 amide bonds. The summed E-state index contributed by atoms with van der Waals surface area (Å²) < 4.78 is 2.72. The number of hydrogen-bond donors (Lipinski definition) is 1. The molecular weight excluding hydrogens is 226 g/mol. The van der Waals surface area contributed by atoms with Crippen molar-refractivity contribution in [2.24, 2.45) is 0 Å². The van der Waals surface area contributed by atoms with Gasteiger partial charge in [-0.1, -0.05) is 0 Å². The first kappa shape index (κ1) is 10.6. The highest BCUT2D eigenvalue weighted by Crippen LogP contribution is 2.25. The highest BCUT2D eigenvalue weighted by molar-refractivity contribution is 7.71. The van der Waals surface area contributed by atoms with Crippen LogP contribution in [-0.2, 0) is 0 Å². The average Bonchev–Trinajstić information content (AvgIpc) is 2.71. The molecule has 2 aromatic rings. The number of aromatic nitrogens is 3. The van der Waals surface area contributed by atoms with Crippen molar-refractivity contribution in [2.75, 3.05) is 0 Å². The van der Waals surface area contributed by atoms with Gasteiger partial charge in [-0.3, -0.25) is 9.67 Å². The third-order valence-corrected chi connectivity index (χ3v) is 3.36. The molecule has 0 atom stereocenters. The molecule has 0 saturated carbocycles. The number of thiophene rings is 1. The number of hydrogen-bond acceptors (Lipinski definition) is 3. The third-order valence-electron chi connectivity index (χ3n) is 2.21. The van der Waals surface area contributed by atoms with Gasteiger partial charge in [-0.2, -0.15) is 5.10 Å². The number of nitrogens with one attached hydrogen (secondary N) is 1. The molecule has 0 aliphatic rings. The fourth-order valence-corrected chi connectivity index (χ4v) is 2.57. The predicted molar refractivity (Wildman–Crippen MR) is 65.8 cm³/mol. The van der Waals surface area contributed by atoms with Gasteiger partial charge in [-0.15, -0.1) is 11.3 Å². The lowest BCUT2D eigenvalue weighted by Crippen LogP contribution is -2.02. The molecule has 0 bridgehead atoms. The molecule has 1 N–H and O–H groups in total. The van der Waals surface area contributed by atoms with Crippen LogP contribution in [0.5, 0.6) is 0 Å². The van der Waals surface area contributed by atoms with E-state index in [1.807, 2.05) is 4.57 Å². The van der Waals surface area contributed by atoms with Crippen LogP contribution >= 0.6 is 23.6 Å². The van der Waals surface area contributed by atoms with Gasteiger partial charge in [0.2, 0.25) is 0 Å². The van der Waals surface area contributed by atoms with Gasteiger partial charge in [0, 0.05) is 21.9 Å². The van der Waals surface area contributed by atoms with Crippen LogP contribution in [0.15, 0.2) is 11.4 Å². The van der Waals surface area contributed by atoms with Gasteiger partial charge >= 0.3 is 0 Å². The van der Waals surface area contributed by atoms with E-state index in [2.05, 4.69) is 42.4 Å². The lowest BCUT2D eigenvalue weighted by molar-refractivity contribution is 0.597. The molecule has 2 aromatic heterocycles. The molecule has 0 aliphatic heterocycles. The topological polar surface area (TPSA) is 33.6 Å². The summed E-state index contributed by atoms with van der Waals surface area (Å²) in [5, 5.41) is 9.23. The molecule has 2 rings (SSSR count). The standard InChI is InChI=1S/C10H13N3S2/c1-6(2)13-9(11-12-10(13)14)8-4-7(3)15-5-8/h4-6H,1-3H3,(H,12,14). The first-order valence-corrected chi connectivity index (χ1v) is 6.11. The highest BCUT2D eigenvalue weighted by Gasteiger charge is 2.11. The summed E-state index contributed by atoms with van der Waals surface area (Å²) in [7, 11) is 0. The second-order valence-electron chi connectivity index (χ2n) is 3.76.